The molecule has 120 valence electrons. The fourth-order valence-corrected chi connectivity index (χ4v) is 1.93. The number of aryl methyl sites for hydroxylation is 1. The molecule has 0 spiro atoms. The minimum absolute atomic E-state index is 0.467. The van der Waals surface area contributed by atoms with Gasteiger partial charge >= 0.3 is 0 Å². The van der Waals surface area contributed by atoms with Crippen molar-refractivity contribution in [3.05, 3.63) is 47.5 Å². The third-order valence-corrected chi connectivity index (χ3v) is 2.93. The number of nitrogens with zero attached hydrogens (tertiary/aromatic N) is 1. The summed E-state index contributed by atoms with van der Waals surface area (Å²) in [7, 11) is 1.68. The summed E-state index contributed by atoms with van der Waals surface area (Å²) in [5.74, 6) is 0.467. The van der Waals surface area contributed by atoms with Crippen molar-refractivity contribution < 1.29 is 4.79 Å². The highest BCUT2D eigenvalue weighted by Gasteiger charge is 2.02. The molecule has 2 aromatic rings. The Morgan fingerprint density at radius 3 is 2.27 bits per heavy atom. The third kappa shape index (κ3) is 5.95. The lowest BCUT2D eigenvalue weighted by Crippen LogP contribution is -2.30. The summed E-state index contributed by atoms with van der Waals surface area (Å²) in [6.45, 7) is 8.27. The largest absolute Gasteiger partial charge is 0.370 e. The van der Waals surface area contributed by atoms with Crippen LogP contribution in [0.3, 0.4) is 0 Å². The van der Waals surface area contributed by atoms with Crippen LogP contribution in [0.25, 0.3) is 10.8 Å². The summed E-state index contributed by atoms with van der Waals surface area (Å²) < 4.78 is 0. The van der Waals surface area contributed by atoms with Crippen LogP contribution in [0.4, 0.5) is 0 Å². The van der Waals surface area contributed by atoms with Gasteiger partial charge in [-0.2, -0.15) is 0 Å². The Labute approximate surface area is 133 Å². The van der Waals surface area contributed by atoms with E-state index in [0.29, 0.717) is 12.5 Å². The number of benzene rings is 2. The van der Waals surface area contributed by atoms with Crippen LogP contribution in [-0.4, -0.2) is 19.3 Å². The van der Waals surface area contributed by atoms with Gasteiger partial charge in [-0.15, -0.1) is 0 Å². The first-order chi connectivity index (χ1) is 10.6. The van der Waals surface area contributed by atoms with E-state index in [-0.39, 0.29) is 0 Å². The molecular formula is C18H27N3O. The zero-order chi connectivity index (χ0) is 17.0. The van der Waals surface area contributed by atoms with Gasteiger partial charge < -0.3 is 15.8 Å². The van der Waals surface area contributed by atoms with Crippen molar-refractivity contribution in [3.8, 4) is 0 Å². The lowest BCUT2D eigenvalue weighted by Gasteiger charge is -2.10. The van der Waals surface area contributed by atoms with E-state index in [4.69, 9.17) is 10.5 Å². The van der Waals surface area contributed by atoms with Gasteiger partial charge in [-0.3, -0.25) is 4.99 Å². The van der Waals surface area contributed by atoms with Gasteiger partial charge in [-0.25, -0.2) is 0 Å². The molecule has 0 saturated carbocycles. The van der Waals surface area contributed by atoms with E-state index in [2.05, 4.69) is 53.6 Å². The number of hydrogen-bond donors (Lipinski definition) is 2. The zero-order valence-electron chi connectivity index (χ0n) is 14.2. The van der Waals surface area contributed by atoms with Crippen LogP contribution in [0.15, 0.2) is 41.4 Å². The molecule has 3 N–H and O–H groups in total. The summed E-state index contributed by atoms with van der Waals surface area (Å²) in [4.78, 5) is 12.7. The number of fused-ring (bicyclic) bond motifs is 1. The fourth-order valence-electron chi connectivity index (χ4n) is 1.93. The maximum absolute atomic E-state index is 8.81. The van der Waals surface area contributed by atoms with Gasteiger partial charge in [0, 0.05) is 13.6 Å². The van der Waals surface area contributed by atoms with Gasteiger partial charge in [0.05, 0.1) is 0 Å². The second kappa shape index (κ2) is 11.3. The monoisotopic (exact) mass is 301 g/mol. The molecule has 0 radical (unpaired) electrons. The normalized spacial score (nSPS) is 9.95. The number of nitrogens with two attached hydrogens (primary N) is 1. The Morgan fingerprint density at radius 2 is 1.73 bits per heavy atom. The Bertz CT molecular complexity index is 606. The van der Waals surface area contributed by atoms with E-state index in [1.807, 2.05) is 13.8 Å². The van der Waals surface area contributed by atoms with Crippen molar-refractivity contribution in [1.29, 1.82) is 0 Å². The highest BCUT2D eigenvalue weighted by Crippen LogP contribution is 2.22. The molecule has 0 atom stereocenters. The summed E-state index contributed by atoms with van der Waals surface area (Å²) in [6.07, 6.45) is 0.750. The predicted octanol–water partition coefficient (Wildman–Crippen LogP) is 3.41. The van der Waals surface area contributed by atoms with E-state index < -0.39 is 0 Å². The van der Waals surface area contributed by atoms with E-state index in [9.17, 15) is 0 Å². The van der Waals surface area contributed by atoms with Crippen molar-refractivity contribution in [1.82, 2.24) is 5.32 Å². The van der Waals surface area contributed by atoms with Crippen LogP contribution in [0.5, 0.6) is 0 Å². The van der Waals surface area contributed by atoms with E-state index in [0.717, 1.165) is 6.29 Å². The summed E-state index contributed by atoms with van der Waals surface area (Å²) in [5, 5.41) is 5.65. The standard InChI is InChI=1S/C14H17N3.C2H4O.C2H6/c1-10-7-8-11(9-17-14(15)16-2)13-6-4-3-5-12(10)13;1-2-3;1-2/h3-8H,9H2,1-2H3,(H3,15,16,17);2H,1H3;1-2H3. The lowest BCUT2D eigenvalue weighted by atomic mass is 10.0. The Morgan fingerprint density at radius 1 is 1.18 bits per heavy atom. The predicted molar refractivity (Wildman–Crippen MR) is 96.2 cm³/mol. The van der Waals surface area contributed by atoms with Crippen molar-refractivity contribution in [2.24, 2.45) is 10.7 Å². The van der Waals surface area contributed by atoms with E-state index in [1.54, 1.807) is 7.05 Å². The zero-order valence-corrected chi connectivity index (χ0v) is 14.2. The topological polar surface area (TPSA) is 67.5 Å². The number of carbonyl (C=O) groups is 1. The van der Waals surface area contributed by atoms with Crippen LogP contribution >= 0.6 is 0 Å². The van der Waals surface area contributed by atoms with Crippen molar-refractivity contribution >= 4 is 23.0 Å². The van der Waals surface area contributed by atoms with Gasteiger partial charge in [0.15, 0.2) is 5.96 Å². The van der Waals surface area contributed by atoms with Crippen molar-refractivity contribution in [3.63, 3.8) is 0 Å². The van der Waals surface area contributed by atoms with Crippen LogP contribution in [0, 0.1) is 6.92 Å². The minimum Gasteiger partial charge on any atom is -0.370 e. The number of nitrogens with one attached hydrogen (secondary N) is 1. The minimum atomic E-state index is 0.467. The van der Waals surface area contributed by atoms with Crippen LogP contribution in [0.1, 0.15) is 31.9 Å². The third-order valence-electron chi connectivity index (χ3n) is 2.93. The maximum Gasteiger partial charge on any atom is 0.188 e. The number of aliphatic imine (C=N–C) groups is 1. The maximum atomic E-state index is 8.81. The molecule has 0 saturated heterocycles. The Balaban J connectivity index is 0.000000789. The van der Waals surface area contributed by atoms with E-state index in [1.165, 1.54) is 28.8 Å². The molecule has 0 amide bonds. The smallest absolute Gasteiger partial charge is 0.188 e. The molecule has 0 bridgehead atoms. The number of carbonyl (C=O) groups excluding carboxylic acids is 1. The number of guanidine groups is 1. The summed E-state index contributed by atoms with van der Waals surface area (Å²) >= 11 is 0. The molecular weight excluding hydrogens is 274 g/mol. The number of rotatable bonds is 2. The first-order valence-electron chi connectivity index (χ1n) is 7.47. The molecule has 2 aromatic carbocycles. The summed E-state index contributed by atoms with van der Waals surface area (Å²) in [5.41, 5.74) is 8.16. The molecule has 4 heteroatoms. The molecule has 0 aromatic heterocycles. The molecule has 22 heavy (non-hydrogen) atoms. The number of hydrogen-bond acceptors (Lipinski definition) is 2. The molecule has 0 heterocycles. The molecule has 0 fully saturated rings. The molecule has 4 nitrogen and oxygen atoms in total. The average molecular weight is 301 g/mol. The fraction of sp³-hybridized carbons (Fsp3) is 0.333. The first kappa shape index (κ1) is 19.6. The SMILES string of the molecule is CC.CC=O.CN=C(N)NCc1ccc(C)c2ccccc12. The molecule has 0 aliphatic carbocycles. The highest BCUT2D eigenvalue weighted by atomic mass is 16.1. The van der Waals surface area contributed by atoms with E-state index >= 15 is 0 Å². The van der Waals surface area contributed by atoms with Gasteiger partial charge in [0.1, 0.15) is 6.29 Å². The summed E-state index contributed by atoms with van der Waals surface area (Å²) in [6, 6.07) is 12.7. The second-order valence-electron chi connectivity index (χ2n) is 4.29. The van der Waals surface area contributed by atoms with Gasteiger partial charge in [-0.05, 0) is 35.7 Å². The van der Waals surface area contributed by atoms with Crippen LogP contribution < -0.4 is 11.1 Å². The van der Waals surface area contributed by atoms with Gasteiger partial charge in [0.2, 0.25) is 0 Å². The Hall–Kier alpha value is -2.36. The van der Waals surface area contributed by atoms with Crippen LogP contribution in [-0.2, 0) is 11.3 Å². The lowest BCUT2D eigenvalue weighted by molar-refractivity contribution is -0.106. The molecule has 2 rings (SSSR count). The van der Waals surface area contributed by atoms with Crippen molar-refractivity contribution in [2.45, 2.75) is 34.2 Å². The molecule has 0 aliphatic rings. The quantitative estimate of drug-likeness (QED) is 0.507. The van der Waals surface area contributed by atoms with Gasteiger partial charge in [-0.1, -0.05) is 50.2 Å². The molecule has 0 aliphatic heterocycles. The molecule has 0 unspecified atom stereocenters. The highest BCUT2D eigenvalue weighted by molar-refractivity contribution is 5.89. The first-order valence-corrected chi connectivity index (χ1v) is 7.47. The van der Waals surface area contributed by atoms with Crippen molar-refractivity contribution in [2.75, 3.05) is 7.05 Å². The average Bonchev–Trinajstić information content (AvgIpc) is 2.57. The van der Waals surface area contributed by atoms with Crippen LogP contribution in [0.2, 0.25) is 0 Å². The van der Waals surface area contributed by atoms with Gasteiger partial charge in [0.25, 0.3) is 0 Å². The second-order valence-corrected chi connectivity index (χ2v) is 4.29. The Kier molecular flexibility index (Phi) is 10.1. The number of aldehydes is 1.